The highest BCUT2D eigenvalue weighted by Crippen LogP contribution is 2.29. The van der Waals surface area contributed by atoms with Gasteiger partial charge in [-0.25, -0.2) is 0 Å². The number of aromatic hydroxyl groups is 1. The summed E-state index contributed by atoms with van der Waals surface area (Å²) in [5, 5.41) is 13.0. The molecule has 1 atom stereocenters. The molecule has 154 valence electrons. The molecule has 1 fully saturated rings. The first-order valence-corrected chi connectivity index (χ1v) is 9.29. The van der Waals surface area contributed by atoms with Crippen LogP contribution in [0.4, 0.5) is 13.2 Å². The highest BCUT2D eigenvalue weighted by molar-refractivity contribution is 6.31. The highest BCUT2D eigenvalue weighted by Gasteiger charge is 2.31. The van der Waals surface area contributed by atoms with Gasteiger partial charge in [0, 0.05) is 29.7 Å². The van der Waals surface area contributed by atoms with Crippen LogP contribution in [0, 0.1) is 0 Å². The lowest BCUT2D eigenvalue weighted by Gasteiger charge is -2.33. The standard InChI is InChI=1S/C20H18ClF3N2O3/c21-14-7-8-17(27)16(10-14)19(29)26-9-1-2-15(11-26)25-18(28)12-3-5-13(6-4-12)20(22,23)24/h3-8,10,15,27H,1-2,9,11H2,(H,25,28). The Morgan fingerprint density at radius 2 is 1.83 bits per heavy atom. The van der Waals surface area contributed by atoms with Crippen molar-refractivity contribution in [3.8, 4) is 5.75 Å². The number of carbonyl (C=O) groups is 2. The molecular formula is C20H18ClF3N2O3. The number of amides is 2. The molecule has 1 saturated heterocycles. The van der Waals surface area contributed by atoms with Gasteiger partial charge >= 0.3 is 6.18 Å². The van der Waals surface area contributed by atoms with Crippen LogP contribution in [0.3, 0.4) is 0 Å². The smallest absolute Gasteiger partial charge is 0.416 e. The summed E-state index contributed by atoms with van der Waals surface area (Å²) in [5.41, 5.74) is -0.647. The quantitative estimate of drug-likeness (QED) is 0.776. The molecule has 1 heterocycles. The number of nitrogens with one attached hydrogen (secondary N) is 1. The SMILES string of the molecule is O=C(NC1CCCN(C(=O)c2cc(Cl)ccc2O)C1)c1ccc(C(F)(F)F)cc1. The summed E-state index contributed by atoms with van der Waals surface area (Å²) in [6.45, 7) is 0.675. The number of phenols is 1. The summed E-state index contributed by atoms with van der Waals surface area (Å²) in [6.07, 6.45) is -3.21. The van der Waals surface area contributed by atoms with Crippen molar-refractivity contribution in [3.05, 3.63) is 64.2 Å². The Hall–Kier alpha value is -2.74. The molecule has 2 amide bonds. The molecule has 0 aliphatic carbocycles. The van der Waals surface area contributed by atoms with Crippen molar-refractivity contribution in [1.82, 2.24) is 10.2 Å². The van der Waals surface area contributed by atoms with E-state index in [9.17, 15) is 27.9 Å². The number of nitrogens with zero attached hydrogens (tertiary/aromatic N) is 1. The van der Waals surface area contributed by atoms with Gasteiger partial charge in [-0.1, -0.05) is 11.6 Å². The van der Waals surface area contributed by atoms with Gasteiger partial charge in [-0.3, -0.25) is 9.59 Å². The molecule has 1 unspecified atom stereocenters. The third kappa shape index (κ3) is 5.00. The van der Waals surface area contributed by atoms with Crippen molar-refractivity contribution in [2.24, 2.45) is 0 Å². The van der Waals surface area contributed by atoms with Crippen molar-refractivity contribution in [1.29, 1.82) is 0 Å². The molecule has 0 bridgehead atoms. The topological polar surface area (TPSA) is 69.6 Å². The zero-order chi connectivity index (χ0) is 21.2. The van der Waals surface area contributed by atoms with Crippen LogP contribution in [-0.2, 0) is 6.18 Å². The van der Waals surface area contributed by atoms with Crippen molar-refractivity contribution < 1.29 is 27.9 Å². The Morgan fingerprint density at radius 1 is 1.14 bits per heavy atom. The number of hydrogen-bond donors (Lipinski definition) is 2. The second kappa shape index (κ2) is 8.32. The van der Waals surface area contributed by atoms with Gasteiger partial charge < -0.3 is 15.3 Å². The van der Waals surface area contributed by atoms with Gasteiger partial charge in [-0.2, -0.15) is 13.2 Å². The lowest BCUT2D eigenvalue weighted by molar-refractivity contribution is -0.137. The lowest BCUT2D eigenvalue weighted by atomic mass is 10.0. The highest BCUT2D eigenvalue weighted by atomic mass is 35.5. The summed E-state index contributed by atoms with van der Waals surface area (Å²) >= 11 is 5.90. The number of piperidine rings is 1. The van der Waals surface area contributed by atoms with Gasteiger partial charge in [-0.05, 0) is 55.3 Å². The molecule has 2 aromatic carbocycles. The van der Waals surface area contributed by atoms with E-state index in [0.29, 0.717) is 24.4 Å². The number of rotatable bonds is 3. The first kappa shape index (κ1) is 21.0. The van der Waals surface area contributed by atoms with Crippen molar-refractivity contribution in [2.45, 2.75) is 25.1 Å². The molecule has 0 spiro atoms. The Balaban J connectivity index is 1.65. The van der Waals surface area contributed by atoms with Crippen LogP contribution in [0.15, 0.2) is 42.5 Å². The third-order valence-corrected chi connectivity index (χ3v) is 4.94. The van der Waals surface area contributed by atoms with Gasteiger partial charge in [-0.15, -0.1) is 0 Å². The minimum atomic E-state index is -4.47. The van der Waals surface area contributed by atoms with Gasteiger partial charge in [0.15, 0.2) is 0 Å². The first-order chi connectivity index (χ1) is 13.6. The molecule has 9 heteroatoms. The molecule has 0 radical (unpaired) electrons. The minimum Gasteiger partial charge on any atom is -0.507 e. The van der Waals surface area contributed by atoms with Crippen LogP contribution in [0.25, 0.3) is 0 Å². The van der Waals surface area contributed by atoms with Crippen molar-refractivity contribution in [2.75, 3.05) is 13.1 Å². The van der Waals surface area contributed by atoms with Crippen LogP contribution < -0.4 is 5.32 Å². The van der Waals surface area contributed by atoms with Crippen LogP contribution in [0.5, 0.6) is 5.75 Å². The van der Waals surface area contributed by atoms with Crippen molar-refractivity contribution in [3.63, 3.8) is 0 Å². The molecule has 1 aliphatic rings. The van der Waals surface area contributed by atoms with Crippen molar-refractivity contribution >= 4 is 23.4 Å². The maximum atomic E-state index is 12.7. The van der Waals surface area contributed by atoms with E-state index in [-0.39, 0.29) is 29.5 Å². The van der Waals surface area contributed by atoms with E-state index in [1.54, 1.807) is 0 Å². The molecule has 0 aromatic heterocycles. The van der Waals surface area contributed by atoms with Crippen LogP contribution >= 0.6 is 11.6 Å². The normalized spacial score (nSPS) is 17.1. The number of alkyl halides is 3. The maximum absolute atomic E-state index is 12.7. The zero-order valence-corrected chi connectivity index (χ0v) is 15.9. The van der Waals surface area contributed by atoms with Crippen LogP contribution in [-0.4, -0.2) is 41.0 Å². The van der Waals surface area contributed by atoms with Crippen LogP contribution in [0.1, 0.15) is 39.1 Å². The summed E-state index contributed by atoms with van der Waals surface area (Å²) in [5.74, 6) is -1.10. The third-order valence-electron chi connectivity index (χ3n) is 4.71. The average Bonchev–Trinajstić information content (AvgIpc) is 2.69. The molecule has 1 aliphatic heterocycles. The average molecular weight is 427 g/mol. The number of carbonyl (C=O) groups excluding carboxylic acids is 2. The van der Waals surface area contributed by atoms with Gasteiger partial charge in [0.2, 0.25) is 0 Å². The van der Waals surface area contributed by atoms with Gasteiger partial charge in [0.1, 0.15) is 5.75 Å². The predicted octanol–water partition coefficient (Wildman–Crippen LogP) is 4.10. The van der Waals surface area contributed by atoms with Gasteiger partial charge in [0.05, 0.1) is 11.1 Å². The van der Waals surface area contributed by atoms with E-state index in [1.165, 1.54) is 23.1 Å². The molecule has 0 saturated carbocycles. The van der Waals surface area contributed by atoms with E-state index in [4.69, 9.17) is 11.6 Å². The minimum absolute atomic E-state index is 0.0761. The van der Waals surface area contributed by atoms with E-state index < -0.39 is 23.6 Å². The lowest BCUT2D eigenvalue weighted by Crippen LogP contribution is -2.49. The summed E-state index contributed by atoms with van der Waals surface area (Å²) < 4.78 is 37.9. The summed E-state index contributed by atoms with van der Waals surface area (Å²) in [6, 6.07) is 7.77. The van der Waals surface area contributed by atoms with E-state index in [2.05, 4.69) is 5.32 Å². The Labute approximate surface area is 170 Å². The number of hydrogen-bond acceptors (Lipinski definition) is 3. The van der Waals surface area contributed by atoms with E-state index >= 15 is 0 Å². The number of benzene rings is 2. The molecule has 3 rings (SSSR count). The Morgan fingerprint density at radius 3 is 2.48 bits per heavy atom. The second-order valence-electron chi connectivity index (χ2n) is 6.80. The molecule has 5 nitrogen and oxygen atoms in total. The first-order valence-electron chi connectivity index (χ1n) is 8.91. The number of phenolic OH excluding ortho intramolecular Hbond substituents is 1. The fraction of sp³-hybridized carbons (Fsp3) is 0.300. The molecule has 29 heavy (non-hydrogen) atoms. The molecular weight excluding hydrogens is 409 g/mol. The zero-order valence-electron chi connectivity index (χ0n) is 15.2. The number of halogens is 4. The fourth-order valence-corrected chi connectivity index (χ4v) is 3.38. The molecule has 2 N–H and O–H groups in total. The Kier molecular flexibility index (Phi) is 6.02. The summed E-state index contributed by atoms with van der Waals surface area (Å²) in [4.78, 5) is 26.6. The van der Waals surface area contributed by atoms with Crippen LogP contribution in [0.2, 0.25) is 5.02 Å². The molecule has 2 aromatic rings. The Bertz CT molecular complexity index is 916. The van der Waals surface area contributed by atoms with E-state index in [0.717, 1.165) is 24.3 Å². The largest absolute Gasteiger partial charge is 0.507 e. The maximum Gasteiger partial charge on any atom is 0.416 e. The summed E-state index contributed by atoms with van der Waals surface area (Å²) in [7, 11) is 0. The fourth-order valence-electron chi connectivity index (χ4n) is 3.21. The second-order valence-corrected chi connectivity index (χ2v) is 7.24. The number of likely N-dealkylation sites (tertiary alicyclic amines) is 1. The predicted molar refractivity (Wildman–Crippen MR) is 101 cm³/mol. The monoisotopic (exact) mass is 426 g/mol. The van der Waals surface area contributed by atoms with E-state index in [1.807, 2.05) is 0 Å². The van der Waals surface area contributed by atoms with Gasteiger partial charge in [0.25, 0.3) is 11.8 Å².